The summed E-state index contributed by atoms with van der Waals surface area (Å²) in [5.41, 5.74) is 4.68. The van der Waals surface area contributed by atoms with E-state index < -0.39 is 0 Å². The Kier molecular flexibility index (Phi) is 3.39. The van der Waals surface area contributed by atoms with Gasteiger partial charge in [-0.05, 0) is 42.3 Å². The molecule has 0 atom stereocenters. The molecule has 4 heteroatoms. The zero-order chi connectivity index (χ0) is 14.9. The first-order valence-corrected chi connectivity index (χ1v) is 7.71. The van der Waals surface area contributed by atoms with Crippen LogP contribution in [0.1, 0.15) is 17.0 Å². The predicted molar refractivity (Wildman–Crippen MR) is 85.2 cm³/mol. The third-order valence-electron chi connectivity index (χ3n) is 4.43. The zero-order valence-corrected chi connectivity index (χ0v) is 12.3. The van der Waals surface area contributed by atoms with Crippen molar-refractivity contribution in [2.24, 2.45) is 0 Å². The Bertz CT molecular complexity index is 795. The van der Waals surface area contributed by atoms with Gasteiger partial charge in [-0.25, -0.2) is 4.39 Å². The standard InChI is InChI=1S/C18H18FN3/c19-13-4-5-17-16(11-13)15-7-10-22(12-18(15)21-17)9-6-14-3-1-2-8-20-14/h1-5,8,11,21H,6-7,9-10,12H2. The number of H-pyrrole nitrogens is 1. The van der Waals surface area contributed by atoms with Gasteiger partial charge in [-0.3, -0.25) is 9.88 Å². The fourth-order valence-corrected chi connectivity index (χ4v) is 3.28. The van der Waals surface area contributed by atoms with Gasteiger partial charge in [-0.1, -0.05) is 6.07 Å². The SMILES string of the molecule is Fc1ccc2[nH]c3c(c2c1)CCN(CCc1ccccn1)C3. The van der Waals surface area contributed by atoms with Crippen molar-refractivity contribution in [3.8, 4) is 0 Å². The first-order chi connectivity index (χ1) is 10.8. The number of pyridine rings is 1. The average Bonchev–Trinajstić information content (AvgIpc) is 2.91. The molecule has 0 radical (unpaired) electrons. The highest BCUT2D eigenvalue weighted by atomic mass is 19.1. The van der Waals surface area contributed by atoms with E-state index in [1.54, 1.807) is 6.07 Å². The predicted octanol–water partition coefficient (Wildman–Crippen LogP) is 3.30. The summed E-state index contributed by atoms with van der Waals surface area (Å²) >= 11 is 0. The molecule has 3 nitrogen and oxygen atoms in total. The summed E-state index contributed by atoms with van der Waals surface area (Å²) in [7, 11) is 0. The number of nitrogens with one attached hydrogen (secondary N) is 1. The minimum absolute atomic E-state index is 0.160. The van der Waals surface area contributed by atoms with Gasteiger partial charge in [0.05, 0.1) is 0 Å². The molecule has 22 heavy (non-hydrogen) atoms. The van der Waals surface area contributed by atoms with Crippen LogP contribution in [0, 0.1) is 5.82 Å². The molecular formula is C18H18FN3. The van der Waals surface area contributed by atoms with Crippen molar-refractivity contribution in [2.75, 3.05) is 13.1 Å². The van der Waals surface area contributed by atoms with E-state index in [2.05, 4.69) is 20.9 Å². The fraction of sp³-hybridized carbons (Fsp3) is 0.278. The number of aromatic amines is 1. The second kappa shape index (κ2) is 5.54. The van der Waals surface area contributed by atoms with Gasteiger partial charge in [0.2, 0.25) is 0 Å². The minimum Gasteiger partial charge on any atom is -0.357 e. The van der Waals surface area contributed by atoms with Crippen molar-refractivity contribution in [2.45, 2.75) is 19.4 Å². The van der Waals surface area contributed by atoms with Crippen LogP contribution in [0.25, 0.3) is 10.9 Å². The molecule has 4 rings (SSSR count). The van der Waals surface area contributed by atoms with Crippen LogP contribution in [-0.4, -0.2) is 28.0 Å². The molecule has 3 aromatic rings. The number of hydrogen-bond donors (Lipinski definition) is 1. The van der Waals surface area contributed by atoms with Crippen molar-refractivity contribution >= 4 is 10.9 Å². The van der Waals surface area contributed by atoms with Gasteiger partial charge in [0, 0.05) is 54.5 Å². The molecule has 0 aliphatic carbocycles. The zero-order valence-electron chi connectivity index (χ0n) is 12.3. The molecule has 0 unspecified atom stereocenters. The summed E-state index contributed by atoms with van der Waals surface area (Å²) in [6.07, 6.45) is 3.78. The molecule has 1 aliphatic rings. The third-order valence-corrected chi connectivity index (χ3v) is 4.43. The Balaban J connectivity index is 1.51. The van der Waals surface area contributed by atoms with Crippen molar-refractivity contribution in [1.82, 2.24) is 14.9 Å². The van der Waals surface area contributed by atoms with Crippen molar-refractivity contribution in [1.29, 1.82) is 0 Å². The van der Waals surface area contributed by atoms with Crippen molar-refractivity contribution < 1.29 is 4.39 Å². The minimum atomic E-state index is -0.160. The highest BCUT2D eigenvalue weighted by Crippen LogP contribution is 2.28. The molecule has 1 aliphatic heterocycles. The van der Waals surface area contributed by atoms with Gasteiger partial charge < -0.3 is 4.98 Å². The smallest absolute Gasteiger partial charge is 0.123 e. The van der Waals surface area contributed by atoms with Gasteiger partial charge in [-0.2, -0.15) is 0 Å². The van der Waals surface area contributed by atoms with E-state index in [0.29, 0.717) is 0 Å². The van der Waals surface area contributed by atoms with Crippen LogP contribution in [-0.2, 0) is 19.4 Å². The molecule has 0 saturated carbocycles. The largest absolute Gasteiger partial charge is 0.357 e. The Hall–Kier alpha value is -2.20. The number of fused-ring (bicyclic) bond motifs is 3. The Morgan fingerprint density at radius 2 is 2.18 bits per heavy atom. The number of halogens is 1. The molecule has 1 N–H and O–H groups in total. The second-order valence-corrected chi connectivity index (χ2v) is 5.87. The lowest BCUT2D eigenvalue weighted by molar-refractivity contribution is 0.254. The van der Waals surface area contributed by atoms with Crippen LogP contribution >= 0.6 is 0 Å². The van der Waals surface area contributed by atoms with Crippen LogP contribution < -0.4 is 0 Å². The van der Waals surface area contributed by atoms with Gasteiger partial charge in [-0.15, -0.1) is 0 Å². The quantitative estimate of drug-likeness (QED) is 0.804. The molecule has 0 fully saturated rings. The van der Waals surface area contributed by atoms with Gasteiger partial charge in [0.15, 0.2) is 0 Å². The molecule has 0 spiro atoms. The summed E-state index contributed by atoms with van der Waals surface area (Å²) in [6, 6.07) is 11.0. The first-order valence-electron chi connectivity index (χ1n) is 7.71. The van der Waals surface area contributed by atoms with E-state index in [1.807, 2.05) is 24.4 Å². The molecular weight excluding hydrogens is 277 g/mol. The summed E-state index contributed by atoms with van der Waals surface area (Å²) in [5.74, 6) is -0.160. The number of nitrogens with zero attached hydrogens (tertiary/aromatic N) is 2. The molecule has 1 aromatic carbocycles. The van der Waals surface area contributed by atoms with Crippen molar-refractivity contribution in [3.63, 3.8) is 0 Å². The van der Waals surface area contributed by atoms with Gasteiger partial charge >= 0.3 is 0 Å². The molecule has 3 heterocycles. The summed E-state index contributed by atoms with van der Waals surface area (Å²) in [4.78, 5) is 10.3. The van der Waals surface area contributed by atoms with Crippen LogP contribution in [0.4, 0.5) is 4.39 Å². The van der Waals surface area contributed by atoms with E-state index in [-0.39, 0.29) is 5.82 Å². The highest BCUT2D eigenvalue weighted by Gasteiger charge is 2.20. The number of aromatic nitrogens is 2. The molecule has 0 amide bonds. The van der Waals surface area contributed by atoms with E-state index >= 15 is 0 Å². The highest BCUT2D eigenvalue weighted by molar-refractivity contribution is 5.85. The Morgan fingerprint density at radius 1 is 1.23 bits per heavy atom. The summed E-state index contributed by atoms with van der Waals surface area (Å²) in [6.45, 7) is 2.92. The van der Waals surface area contributed by atoms with E-state index in [4.69, 9.17) is 0 Å². The molecule has 2 aromatic heterocycles. The Morgan fingerprint density at radius 3 is 3.05 bits per heavy atom. The monoisotopic (exact) mass is 295 g/mol. The van der Waals surface area contributed by atoms with Gasteiger partial charge in [0.1, 0.15) is 5.82 Å². The summed E-state index contributed by atoms with van der Waals surface area (Å²) in [5, 5.41) is 1.04. The number of benzene rings is 1. The van der Waals surface area contributed by atoms with Crippen LogP contribution in [0.3, 0.4) is 0 Å². The molecule has 0 bridgehead atoms. The maximum atomic E-state index is 13.4. The lowest BCUT2D eigenvalue weighted by atomic mass is 10.0. The van der Waals surface area contributed by atoms with E-state index in [0.717, 1.165) is 49.1 Å². The van der Waals surface area contributed by atoms with Crippen LogP contribution in [0.5, 0.6) is 0 Å². The third kappa shape index (κ3) is 2.50. The maximum Gasteiger partial charge on any atom is 0.123 e. The van der Waals surface area contributed by atoms with Crippen LogP contribution in [0.2, 0.25) is 0 Å². The van der Waals surface area contributed by atoms with E-state index in [1.165, 1.54) is 17.3 Å². The Labute approximate surface area is 128 Å². The van der Waals surface area contributed by atoms with Crippen LogP contribution in [0.15, 0.2) is 42.6 Å². The second-order valence-electron chi connectivity index (χ2n) is 5.87. The fourth-order valence-electron chi connectivity index (χ4n) is 3.28. The van der Waals surface area contributed by atoms with Gasteiger partial charge in [0.25, 0.3) is 0 Å². The lowest BCUT2D eigenvalue weighted by Crippen LogP contribution is -2.32. The van der Waals surface area contributed by atoms with Crippen molar-refractivity contribution in [3.05, 3.63) is 65.4 Å². The molecule has 112 valence electrons. The lowest BCUT2D eigenvalue weighted by Gasteiger charge is -2.26. The normalized spacial score (nSPS) is 15.1. The maximum absolute atomic E-state index is 13.4. The number of rotatable bonds is 3. The topological polar surface area (TPSA) is 31.9 Å². The number of hydrogen-bond acceptors (Lipinski definition) is 2. The van der Waals surface area contributed by atoms with E-state index in [9.17, 15) is 4.39 Å². The average molecular weight is 295 g/mol. The first kappa shape index (κ1) is 13.5. The summed E-state index contributed by atoms with van der Waals surface area (Å²) < 4.78 is 13.4. The molecule has 0 saturated heterocycles.